The van der Waals surface area contributed by atoms with E-state index in [1.54, 1.807) is 0 Å². The predicted octanol–water partition coefficient (Wildman–Crippen LogP) is 3.25. The fourth-order valence-electron chi connectivity index (χ4n) is 2.00. The Hall–Kier alpha value is -2.62. The average molecular weight is 323 g/mol. The van der Waals surface area contributed by atoms with Crippen LogP contribution < -0.4 is 0 Å². The molecule has 0 N–H and O–H groups in total. The van der Waals surface area contributed by atoms with E-state index < -0.39 is 104 Å². The van der Waals surface area contributed by atoms with Crippen molar-refractivity contribution in [2.45, 2.75) is 20.2 Å². The Morgan fingerprint density at radius 1 is 1.22 bits per heavy atom. The highest BCUT2D eigenvalue weighted by atomic mass is 16.2. The van der Waals surface area contributed by atoms with Gasteiger partial charge in [0, 0.05) is 38.0 Å². The summed E-state index contributed by atoms with van der Waals surface area (Å²) in [4.78, 5) is 16.9. The van der Waals surface area contributed by atoms with Crippen LogP contribution in [0.3, 0.4) is 0 Å². The number of carbonyl (C=O) groups excluding carboxylic acids is 1. The van der Waals surface area contributed by atoms with Gasteiger partial charge in [-0.3, -0.25) is 4.79 Å². The van der Waals surface area contributed by atoms with Crippen LogP contribution in [-0.2, 0) is 11.2 Å². The van der Waals surface area contributed by atoms with Crippen LogP contribution in [0.25, 0.3) is 16.9 Å². The van der Waals surface area contributed by atoms with Crippen LogP contribution in [0.15, 0.2) is 42.4 Å². The summed E-state index contributed by atoms with van der Waals surface area (Å²) in [6.45, 7) is -8.69. The van der Waals surface area contributed by atoms with E-state index in [0.717, 1.165) is 0 Å². The summed E-state index contributed by atoms with van der Waals surface area (Å²) in [5.41, 5.74) is -3.13. The summed E-state index contributed by atoms with van der Waals surface area (Å²) in [6, 6.07) is -3.98. The first-order valence-corrected chi connectivity index (χ1v) is 6.45. The van der Waals surface area contributed by atoms with Gasteiger partial charge in [-0.2, -0.15) is 0 Å². The third kappa shape index (κ3) is 2.97. The van der Waals surface area contributed by atoms with Crippen molar-refractivity contribution in [2.75, 3.05) is 14.0 Å². The van der Waals surface area contributed by atoms with Crippen LogP contribution in [0, 0.1) is 13.8 Å². The van der Waals surface area contributed by atoms with Crippen molar-refractivity contribution in [1.82, 2.24) is 14.3 Å². The Balaban J connectivity index is 2.54. The Bertz CT molecular complexity index is 1460. The van der Waals surface area contributed by atoms with E-state index in [1.807, 2.05) is 0 Å². The molecule has 3 aromatic rings. The molecule has 0 unspecified atom stereocenters. The number of fused-ring (bicyclic) bond motifs is 1. The molecule has 4 nitrogen and oxygen atoms in total. The molecule has 0 bridgehead atoms. The van der Waals surface area contributed by atoms with Crippen LogP contribution in [0.4, 0.5) is 0 Å². The van der Waals surface area contributed by atoms with Gasteiger partial charge >= 0.3 is 0 Å². The highest BCUT2D eigenvalue weighted by Crippen LogP contribution is 2.26. The minimum Gasteiger partial charge on any atom is -0.348 e. The van der Waals surface area contributed by atoms with E-state index in [4.69, 9.17) is 21.9 Å². The van der Waals surface area contributed by atoms with Crippen LogP contribution in [0.1, 0.15) is 38.8 Å². The molecular formula is C19H21N3O. The number of carbonyl (C=O) groups is 1. The van der Waals surface area contributed by atoms with Crippen molar-refractivity contribution >= 4 is 11.6 Å². The van der Waals surface area contributed by atoms with E-state index >= 15 is 0 Å². The maximum Gasteiger partial charge on any atom is 0.228 e. The number of hydrogen-bond donors (Lipinski definition) is 0. The van der Waals surface area contributed by atoms with E-state index in [9.17, 15) is 4.79 Å². The second-order valence-corrected chi connectivity index (χ2v) is 4.71. The maximum atomic E-state index is 13.2. The second-order valence-electron chi connectivity index (χ2n) is 4.71. The number of benzene rings is 1. The van der Waals surface area contributed by atoms with Gasteiger partial charge in [-0.05, 0) is 25.4 Å². The van der Waals surface area contributed by atoms with Gasteiger partial charge in [-0.15, -0.1) is 0 Å². The molecule has 0 aliphatic heterocycles. The van der Waals surface area contributed by atoms with Crippen LogP contribution >= 0.6 is 0 Å². The van der Waals surface area contributed by atoms with E-state index in [1.165, 1.54) is 6.92 Å². The lowest BCUT2D eigenvalue weighted by Gasteiger charge is -2.11. The molecule has 4 heteroatoms. The van der Waals surface area contributed by atoms with Gasteiger partial charge in [0.05, 0.1) is 27.4 Å². The fourth-order valence-corrected chi connectivity index (χ4v) is 2.00. The molecule has 2 heterocycles. The van der Waals surface area contributed by atoms with Gasteiger partial charge in [-0.1, -0.05) is 35.8 Å². The first-order chi connectivity index (χ1) is 17.5. The number of imidazole rings is 1. The SMILES string of the molecule is [2H]c1c([2H])c(-c2nc3c([2H])c([2H])c(C([2H])([2H])[2H])c([2H])n3c2CC(=O)N(C([2H])([2H])[2H])C([2H])([2H])[2H])c([2H])c([2H])c1C. The van der Waals surface area contributed by atoms with Gasteiger partial charge in [0.1, 0.15) is 5.65 Å². The number of nitrogens with zero attached hydrogens (tertiary/aromatic N) is 3. The molecule has 118 valence electrons. The molecule has 0 spiro atoms. The zero-order chi connectivity index (χ0) is 30.2. The monoisotopic (exact) mass is 323 g/mol. The minimum absolute atomic E-state index is 0.0355. The third-order valence-corrected chi connectivity index (χ3v) is 3.05. The predicted molar refractivity (Wildman–Crippen MR) is 92.5 cm³/mol. The summed E-state index contributed by atoms with van der Waals surface area (Å²) < 4.78 is 127. The molecule has 0 saturated carbocycles. The molecule has 1 amide bonds. The molecule has 23 heavy (non-hydrogen) atoms. The number of amides is 1. The van der Waals surface area contributed by atoms with Crippen molar-refractivity contribution in [1.29, 1.82) is 0 Å². The number of aromatic nitrogens is 2. The summed E-state index contributed by atoms with van der Waals surface area (Å²) in [7, 11) is 0. The van der Waals surface area contributed by atoms with Crippen LogP contribution in [-0.4, -0.2) is 34.1 Å². The summed E-state index contributed by atoms with van der Waals surface area (Å²) in [6.07, 6.45) is -2.10. The average Bonchev–Trinajstić information content (AvgIpc) is 3.11. The Kier molecular flexibility index (Phi) is 1.33. The van der Waals surface area contributed by atoms with E-state index in [2.05, 4.69) is 4.98 Å². The van der Waals surface area contributed by atoms with Gasteiger partial charge in [0.15, 0.2) is 0 Å². The standard InChI is InChI=1S/C19H21N3O/c1-13-5-8-15(9-6-13)19-16(11-18(23)21(3)4)22-12-14(2)7-10-17(22)20-19/h5-10,12H,11H2,1-4H3/i2D3,3D3,4D3,5D,6D,7D,8D,9D,10D,12D. The molecule has 0 saturated heterocycles. The van der Waals surface area contributed by atoms with Crippen LogP contribution in [0.2, 0.25) is 0 Å². The summed E-state index contributed by atoms with van der Waals surface area (Å²) in [5.74, 6) is -1.54. The zero-order valence-corrected chi connectivity index (χ0v) is 12.0. The Labute approximate surface area is 158 Å². The van der Waals surface area contributed by atoms with Gasteiger partial charge in [-0.25, -0.2) is 4.98 Å². The van der Waals surface area contributed by atoms with Crippen molar-refractivity contribution in [3.63, 3.8) is 0 Å². The molecule has 0 radical (unpaired) electrons. The first kappa shape index (κ1) is 5.20. The molecular weight excluding hydrogens is 286 g/mol. The lowest BCUT2D eigenvalue weighted by Crippen LogP contribution is -2.24. The summed E-state index contributed by atoms with van der Waals surface area (Å²) in [5, 5.41) is 0. The number of rotatable bonds is 3. The van der Waals surface area contributed by atoms with E-state index in [-0.39, 0.29) is 10.5 Å². The third-order valence-electron chi connectivity index (χ3n) is 3.05. The van der Waals surface area contributed by atoms with Crippen molar-refractivity contribution in [3.05, 3.63) is 59.2 Å². The van der Waals surface area contributed by atoms with Gasteiger partial charge in [0.25, 0.3) is 0 Å². The van der Waals surface area contributed by atoms with Crippen molar-refractivity contribution < 1.29 is 26.7 Å². The van der Waals surface area contributed by atoms with Crippen LogP contribution in [0.5, 0.6) is 0 Å². The van der Waals surface area contributed by atoms with Crippen molar-refractivity contribution in [3.8, 4) is 11.3 Å². The van der Waals surface area contributed by atoms with Gasteiger partial charge < -0.3 is 9.30 Å². The highest BCUT2D eigenvalue weighted by Gasteiger charge is 2.18. The summed E-state index contributed by atoms with van der Waals surface area (Å²) >= 11 is 0. The zero-order valence-electron chi connectivity index (χ0n) is 28.0. The van der Waals surface area contributed by atoms with Crippen molar-refractivity contribution in [2.24, 2.45) is 0 Å². The normalized spacial score (nSPS) is 22.7. The second kappa shape index (κ2) is 5.88. The molecule has 0 atom stereocenters. The highest BCUT2D eigenvalue weighted by molar-refractivity contribution is 5.81. The Morgan fingerprint density at radius 3 is 2.65 bits per heavy atom. The number of hydrogen-bond acceptors (Lipinski definition) is 2. The minimum atomic E-state index is -3.46. The molecule has 0 fully saturated rings. The molecule has 1 aromatic carbocycles. The lowest BCUT2D eigenvalue weighted by atomic mass is 10.1. The molecule has 0 aliphatic carbocycles. The number of pyridine rings is 1. The van der Waals surface area contributed by atoms with E-state index in [0.29, 0.717) is 4.40 Å². The topological polar surface area (TPSA) is 37.6 Å². The number of likely N-dealkylation sites (N-methyl/N-ethyl adjacent to an activating group) is 1. The lowest BCUT2D eigenvalue weighted by molar-refractivity contribution is -0.128. The molecule has 3 rings (SSSR count). The molecule has 2 aromatic heterocycles. The quantitative estimate of drug-likeness (QED) is 0.742. The Morgan fingerprint density at radius 2 is 1.96 bits per heavy atom. The van der Waals surface area contributed by atoms with Gasteiger partial charge in [0.2, 0.25) is 5.91 Å². The molecule has 0 aliphatic rings. The maximum absolute atomic E-state index is 13.2. The first-order valence-electron chi connectivity index (χ1n) is 14.5. The fraction of sp³-hybridized carbons (Fsp3) is 0.263. The largest absolute Gasteiger partial charge is 0.348 e. The smallest absolute Gasteiger partial charge is 0.228 e.